The molecule has 6 nitrogen and oxygen atoms in total. The molecule has 4 rings (SSSR count). The fourth-order valence-electron chi connectivity index (χ4n) is 4.13. The summed E-state index contributed by atoms with van der Waals surface area (Å²) in [5.74, 6) is -0.165. The molecule has 0 radical (unpaired) electrons. The lowest BCUT2D eigenvalue weighted by Gasteiger charge is -2.12. The Bertz CT molecular complexity index is 859. The number of aryl methyl sites for hydroxylation is 2. The van der Waals surface area contributed by atoms with Gasteiger partial charge in [-0.25, -0.2) is 0 Å². The maximum atomic E-state index is 12.5. The molecule has 1 fully saturated rings. The Labute approximate surface area is 146 Å². The van der Waals surface area contributed by atoms with Crippen LogP contribution in [0, 0.1) is 6.92 Å². The van der Waals surface area contributed by atoms with Crippen LogP contribution in [0.4, 0.5) is 0 Å². The molecule has 2 aromatic rings. The van der Waals surface area contributed by atoms with Gasteiger partial charge in [-0.1, -0.05) is 12.8 Å². The summed E-state index contributed by atoms with van der Waals surface area (Å²) < 4.78 is 1.99. The normalized spacial score (nSPS) is 17.0. The van der Waals surface area contributed by atoms with Crippen LogP contribution >= 0.6 is 0 Å². The van der Waals surface area contributed by atoms with Crippen molar-refractivity contribution in [2.24, 2.45) is 0 Å². The van der Waals surface area contributed by atoms with Crippen LogP contribution < -0.4 is 10.9 Å². The Morgan fingerprint density at radius 2 is 2.12 bits per heavy atom. The number of H-pyrrole nitrogens is 1. The molecule has 2 aromatic heterocycles. The molecule has 132 valence electrons. The Kier molecular flexibility index (Phi) is 4.19. The smallest absolute Gasteiger partial charge is 0.255 e. The van der Waals surface area contributed by atoms with E-state index in [-0.39, 0.29) is 18.0 Å². The van der Waals surface area contributed by atoms with Crippen LogP contribution in [0.5, 0.6) is 0 Å². The predicted octanol–water partition coefficient (Wildman–Crippen LogP) is 2.41. The molecule has 2 N–H and O–H groups in total. The highest BCUT2D eigenvalue weighted by molar-refractivity contribution is 5.95. The van der Waals surface area contributed by atoms with Gasteiger partial charge < -0.3 is 10.3 Å². The van der Waals surface area contributed by atoms with E-state index in [2.05, 4.69) is 15.4 Å². The third kappa shape index (κ3) is 3.01. The lowest BCUT2D eigenvalue weighted by Crippen LogP contribution is -2.27. The third-order valence-electron chi connectivity index (χ3n) is 5.56. The van der Waals surface area contributed by atoms with Gasteiger partial charge in [0.15, 0.2) is 0 Å². The van der Waals surface area contributed by atoms with E-state index < -0.39 is 0 Å². The summed E-state index contributed by atoms with van der Waals surface area (Å²) in [4.78, 5) is 27.6. The molecule has 0 atom stereocenters. The van der Waals surface area contributed by atoms with E-state index in [1.165, 1.54) is 18.4 Å². The number of pyridine rings is 1. The van der Waals surface area contributed by atoms with Gasteiger partial charge in [0.1, 0.15) is 0 Å². The molecule has 0 aromatic carbocycles. The third-order valence-corrected chi connectivity index (χ3v) is 5.56. The van der Waals surface area contributed by atoms with E-state index in [9.17, 15) is 9.59 Å². The SMILES string of the molecule is Cc1c(C(=O)NCc2cc3c([nH]c2=O)CCC3)cnn1C1CCCC1. The van der Waals surface area contributed by atoms with Crippen LogP contribution in [0.3, 0.4) is 0 Å². The van der Waals surface area contributed by atoms with Crippen LogP contribution in [0.2, 0.25) is 0 Å². The van der Waals surface area contributed by atoms with Gasteiger partial charge in [0.2, 0.25) is 0 Å². The van der Waals surface area contributed by atoms with Gasteiger partial charge in [0.25, 0.3) is 11.5 Å². The molecule has 0 spiro atoms. The lowest BCUT2D eigenvalue weighted by molar-refractivity contribution is 0.0950. The van der Waals surface area contributed by atoms with E-state index in [0.717, 1.165) is 43.5 Å². The molecular formula is C19H24N4O2. The zero-order chi connectivity index (χ0) is 17.4. The van der Waals surface area contributed by atoms with Crippen LogP contribution in [0.1, 0.15) is 71.0 Å². The molecule has 0 saturated heterocycles. The number of aromatic nitrogens is 3. The fraction of sp³-hybridized carbons (Fsp3) is 0.526. The minimum Gasteiger partial charge on any atom is -0.348 e. The molecule has 2 aliphatic carbocycles. The molecule has 6 heteroatoms. The average Bonchev–Trinajstić information content (AvgIpc) is 3.32. The maximum Gasteiger partial charge on any atom is 0.255 e. The van der Waals surface area contributed by atoms with E-state index in [0.29, 0.717) is 17.2 Å². The van der Waals surface area contributed by atoms with Gasteiger partial charge >= 0.3 is 0 Å². The first-order chi connectivity index (χ1) is 12.1. The highest BCUT2D eigenvalue weighted by Crippen LogP contribution is 2.30. The standard InChI is InChI=1S/C19H24N4O2/c1-12-16(11-21-23(12)15-6-2-3-7-15)19(25)20-10-14-9-13-5-4-8-17(13)22-18(14)24/h9,11,15H,2-8,10H2,1H3,(H,20,25)(H,22,24). The van der Waals surface area contributed by atoms with Crippen molar-refractivity contribution >= 4 is 5.91 Å². The highest BCUT2D eigenvalue weighted by Gasteiger charge is 2.22. The van der Waals surface area contributed by atoms with Crippen molar-refractivity contribution in [2.75, 3.05) is 0 Å². The Morgan fingerprint density at radius 1 is 1.32 bits per heavy atom. The summed E-state index contributed by atoms with van der Waals surface area (Å²) in [5.41, 5.74) is 4.29. The quantitative estimate of drug-likeness (QED) is 0.897. The minimum absolute atomic E-state index is 0.0978. The van der Waals surface area contributed by atoms with E-state index >= 15 is 0 Å². The molecule has 1 saturated carbocycles. The van der Waals surface area contributed by atoms with Gasteiger partial charge in [0.05, 0.1) is 17.8 Å². The molecule has 0 bridgehead atoms. The summed E-state index contributed by atoms with van der Waals surface area (Å²) in [6.45, 7) is 2.19. The number of carbonyl (C=O) groups excluding carboxylic acids is 1. The largest absolute Gasteiger partial charge is 0.348 e. The summed E-state index contributed by atoms with van der Waals surface area (Å²) in [6.07, 6.45) is 9.40. The second kappa shape index (κ2) is 6.50. The van der Waals surface area contributed by atoms with Gasteiger partial charge in [-0.3, -0.25) is 14.3 Å². The number of amides is 1. The maximum absolute atomic E-state index is 12.5. The number of hydrogen-bond acceptors (Lipinski definition) is 3. The van der Waals surface area contributed by atoms with Crippen molar-refractivity contribution in [1.29, 1.82) is 0 Å². The molecule has 2 aliphatic rings. The van der Waals surface area contributed by atoms with E-state index in [1.54, 1.807) is 6.20 Å². The second-order valence-corrected chi connectivity index (χ2v) is 7.19. The van der Waals surface area contributed by atoms with Crippen LogP contribution in [-0.2, 0) is 19.4 Å². The molecule has 1 amide bonds. The zero-order valence-electron chi connectivity index (χ0n) is 14.6. The number of carbonyl (C=O) groups is 1. The molecule has 25 heavy (non-hydrogen) atoms. The average molecular weight is 340 g/mol. The van der Waals surface area contributed by atoms with Crippen molar-refractivity contribution in [3.05, 3.63) is 50.7 Å². The molecule has 0 aliphatic heterocycles. The monoisotopic (exact) mass is 340 g/mol. The lowest BCUT2D eigenvalue weighted by atomic mass is 10.1. The Morgan fingerprint density at radius 3 is 2.92 bits per heavy atom. The zero-order valence-corrected chi connectivity index (χ0v) is 14.6. The fourth-order valence-corrected chi connectivity index (χ4v) is 4.13. The van der Waals surface area contributed by atoms with Gasteiger partial charge in [0, 0.05) is 23.5 Å². The first-order valence-corrected chi connectivity index (χ1v) is 9.19. The van der Waals surface area contributed by atoms with Crippen molar-refractivity contribution in [1.82, 2.24) is 20.1 Å². The van der Waals surface area contributed by atoms with Crippen molar-refractivity contribution < 1.29 is 4.79 Å². The van der Waals surface area contributed by atoms with Crippen molar-refractivity contribution in [2.45, 2.75) is 64.5 Å². The van der Waals surface area contributed by atoms with Gasteiger partial charge in [-0.05, 0) is 50.7 Å². The number of nitrogens with one attached hydrogen (secondary N) is 2. The van der Waals surface area contributed by atoms with Gasteiger partial charge in [-0.2, -0.15) is 5.10 Å². The summed E-state index contributed by atoms with van der Waals surface area (Å²) in [5, 5.41) is 7.31. The number of rotatable bonds is 4. The number of aromatic amines is 1. The predicted molar refractivity (Wildman–Crippen MR) is 94.7 cm³/mol. The van der Waals surface area contributed by atoms with Crippen molar-refractivity contribution in [3.63, 3.8) is 0 Å². The number of nitrogens with zero attached hydrogens (tertiary/aromatic N) is 2. The van der Waals surface area contributed by atoms with Crippen LogP contribution in [-0.4, -0.2) is 20.7 Å². The topological polar surface area (TPSA) is 79.8 Å². The molecule has 2 heterocycles. The first kappa shape index (κ1) is 16.1. The highest BCUT2D eigenvalue weighted by atomic mass is 16.2. The van der Waals surface area contributed by atoms with E-state index in [4.69, 9.17) is 0 Å². The second-order valence-electron chi connectivity index (χ2n) is 7.19. The van der Waals surface area contributed by atoms with Gasteiger partial charge in [-0.15, -0.1) is 0 Å². The Hall–Kier alpha value is -2.37. The number of hydrogen-bond donors (Lipinski definition) is 2. The molecular weight excluding hydrogens is 316 g/mol. The minimum atomic E-state index is -0.165. The summed E-state index contributed by atoms with van der Waals surface area (Å²) in [7, 11) is 0. The van der Waals surface area contributed by atoms with E-state index in [1.807, 2.05) is 17.7 Å². The van der Waals surface area contributed by atoms with Crippen molar-refractivity contribution in [3.8, 4) is 0 Å². The summed E-state index contributed by atoms with van der Waals surface area (Å²) >= 11 is 0. The van der Waals surface area contributed by atoms with Crippen LogP contribution in [0.25, 0.3) is 0 Å². The first-order valence-electron chi connectivity index (χ1n) is 9.19. The Balaban J connectivity index is 1.47. The summed E-state index contributed by atoms with van der Waals surface area (Å²) in [6, 6.07) is 2.36. The molecule has 0 unspecified atom stereocenters. The number of fused-ring (bicyclic) bond motifs is 1. The van der Waals surface area contributed by atoms with Crippen LogP contribution in [0.15, 0.2) is 17.1 Å².